The molecule has 5 heteroatoms. The third-order valence-corrected chi connectivity index (χ3v) is 6.25. The van der Waals surface area contributed by atoms with Crippen molar-refractivity contribution in [2.45, 2.75) is 32.1 Å². The molecule has 1 saturated heterocycles. The van der Waals surface area contributed by atoms with Gasteiger partial charge in [0.05, 0.1) is 0 Å². The number of hydrogen-bond acceptors (Lipinski definition) is 5. The van der Waals surface area contributed by atoms with E-state index in [1.165, 1.54) is 11.1 Å². The minimum absolute atomic E-state index is 0.327. The Labute approximate surface area is 189 Å². The largest absolute Gasteiger partial charge is 0.440 e. The summed E-state index contributed by atoms with van der Waals surface area (Å²) in [5.74, 6) is 2.54. The van der Waals surface area contributed by atoms with Crippen LogP contribution in [0.4, 0.5) is 0 Å². The van der Waals surface area contributed by atoms with E-state index in [-0.39, 0.29) is 0 Å². The van der Waals surface area contributed by atoms with Crippen LogP contribution >= 0.6 is 0 Å². The maximum absolute atomic E-state index is 6.39. The highest BCUT2D eigenvalue weighted by molar-refractivity contribution is 5.61. The first-order valence-electron chi connectivity index (χ1n) is 11.4. The van der Waals surface area contributed by atoms with Crippen LogP contribution in [0.15, 0.2) is 77.5 Å². The Morgan fingerprint density at radius 2 is 1.62 bits per heavy atom. The van der Waals surface area contributed by atoms with Crippen LogP contribution in [-0.4, -0.2) is 39.5 Å². The number of hydrogen-bond donors (Lipinski definition) is 0. The molecule has 0 unspecified atom stereocenters. The average molecular weight is 425 g/mol. The van der Waals surface area contributed by atoms with Gasteiger partial charge >= 0.3 is 0 Å². The molecule has 32 heavy (non-hydrogen) atoms. The first-order chi connectivity index (χ1) is 15.8. The number of piperidine rings is 1. The summed E-state index contributed by atoms with van der Waals surface area (Å²) in [4.78, 5) is 16.3. The standard InChI is InChI=1S/C27H28N4O/c1-20-8-10-23(11-9-20)27-30-24(26-28-15-5-16-29-26)25(32-27)22-13-18-31(19-14-22)17-12-21-6-3-2-4-7-21/h2-11,15-16,22H,12-14,17-19H2,1H3. The number of rotatable bonds is 6. The molecule has 0 saturated carbocycles. The van der Waals surface area contributed by atoms with E-state index in [4.69, 9.17) is 9.40 Å². The van der Waals surface area contributed by atoms with Crippen LogP contribution in [0.5, 0.6) is 0 Å². The van der Waals surface area contributed by atoms with Gasteiger partial charge in [0, 0.05) is 30.4 Å². The lowest BCUT2D eigenvalue weighted by molar-refractivity contribution is 0.205. The fraction of sp³-hybridized carbons (Fsp3) is 0.296. The van der Waals surface area contributed by atoms with Crippen molar-refractivity contribution in [3.8, 4) is 23.0 Å². The molecule has 0 N–H and O–H groups in total. The minimum atomic E-state index is 0.327. The van der Waals surface area contributed by atoms with E-state index in [0.717, 1.165) is 55.9 Å². The summed E-state index contributed by atoms with van der Waals surface area (Å²) in [6.07, 6.45) is 6.72. The van der Waals surface area contributed by atoms with E-state index < -0.39 is 0 Å². The Bertz CT molecular complexity index is 1130. The minimum Gasteiger partial charge on any atom is -0.440 e. The molecule has 5 nitrogen and oxygen atoms in total. The summed E-state index contributed by atoms with van der Waals surface area (Å²) in [6, 6.07) is 20.8. The molecular weight excluding hydrogens is 396 g/mol. The van der Waals surface area contributed by atoms with Gasteiger partial charge in [-0.3, -0.25) is 0 Å². The van der Waals surface area contributed by atoms with Gasteiger partial charge in [0.25, 0.3) is 0 Å². The van der Waals surface area contributed by atoms with Gasteiger partial charge in [0.2, 0.25) is 5.89 Å². The zero-order chi connectivity index (χ0) is 21.8. The highest BCUT2D eigenvalue weighted by Gasteiger charge is 2.29. The van der Waals surface area contributed by atoms with Crippen molar-refractivity contribution in [3.63, 3.8) is 0 Å². The predicted octanol–water partition coefficient (Wildman–Crippen LogP) is 5.53. The van der Waals surface area contributed by atoms with E-state index >= 15 is 0 Å². The van der Waals surface area contributed by atoms with Gasteiger partial charge in [-0.25, -0.2) is 15.0 Å². The van der Waals surface area contributed by atoms with Gasteiger partial charge in [-0.2, -0.15) is 0 Å². The second-order valence-electron chi connectivity index (χ2n) is 8.52. The highest BCUT2D eigenvalue weighted by Crippen LogP contribution is 2.37. The smallest absolute Gasteiger partial charge is 0.226 e. The SMILES string of the molecule is Cc1ccc(-c2nc(-c3ncccn3)c(C3CCN(CCc4ccccc4)CC3)o2)cc1. The average Bonchev–Trinajstić information content (AvgIpc) is 3.30. The fourth-order valence-electron chi connectivity index (χ4n) is 4.36. The zero-order valence-corrected chi connectivity index (χ0v) is 18.4. The summed E-state index contributed by atoms with van der Waals surface area (Å²) in [7, 11) is 0. The van der Waals surface area contributed by atoms with Gasteiger partial charge in [-0.05, 0) is 63.0 Å². The first kappa shape index (κ1) is 20.6. The van der Waals surface area contributed by atoms with Crippen LogP contribution < -0.4 is 0 Å². The second-order valence-corrected chi connectivity index (χ2v) is 8.52. The highest BCUT2D eigenvalue weighted by atomic mass is 16.4. The van der Waals surface area contributed by atoms with Crippen molar-refractivity contribution in [1.82, 2.24) is 19.9 Å². The second kappa shape index (κ2) is 9.45. The van der Waals surface area contributed by atoms with Crippen LogP contribution in [0.2, 0.25) is 0 Å². The molecule has 0 aliphatic carbocycles. The van der Waals surface area contributed by atoms with Crippen LogP contribution in [0.25, 0.3) is 23.0 Å². The van der Waals surface area contributed by atoms with Gasteiger partial charge in [0.1, 0.15) is 5.76 Å². The van der Waals surface area contributed by atoms with Crippen molar-refractivity contribution in [1.29, 1.82) is 0 Å². The molecule has 1 aliphatic heterocycles. The molecular formula is C27H28N4O. The van der Waals surface area contributed by atoms with E-state index in [2.05, 4.69) is 76.4 Å². The Morgan fingerprint density at radius 1 is 0.906 bits per heavy atom. The lowest BCUT2D eigenvalue weighted by Crippen LogP contribution is -2.34. The lowest BCUT2D eigenvalue weighted by Gasteiger charge is -2.31. The lowest BCUT2D eigenvalue weighted by atomic mass is 9.92. The van der Waals surface area contributed by atoms with Crippen molar-refractivity contribution < 1.29 is 4.42 Å². The van der Waals surface area contributed by atoms with Crippen LogP contribution in [0, 0.1) is 6.92 Å². The number of oxazole rings is 1. The summed E-state index contributed by atoms with van der Waals surface area (Å²) in [5.41, 5.74) is 4.38. The third kappa shape index (κ3) is 4.63. The molecule has 0 spiro atoms. The van der Waals surface area contributed by atoms with Gasteiger partial charge in [-0.15, -0.1) is 0 Å². The zero-order valence-electron chi connectivity index (χ0n) is 18.4. The summed E-state index contributed by atoms with van der Waals surface area (Å²) >= 11 is 0. The number of nitrogens with zero attached hydrogens (tertiary/aromatic N) is 4. The third-order valence-electron chi connectivity index (χ3n) is 6.25. The van der Waals surface area contributed by atoms with Gasteiger partial charge < -0.3 is 9.32 Å². The predicted molar refractivity (Wildman–Crippen MR) is 126 cm³/mol. The van der Waals surface area contributed by atoms with Gasteiger partial charge in [-0.1, -0.05) is 48.0 Å². The van der Waals surface area contributed by atoms with Crippen molar-refractivity contribution in [2.75, 3.05) is 19.6 Å². The van der Waals surface area contributed by atoms with E-state index in [0.29, 0.717) is 17.6 Å². The first-order valence-corrected chi connectivity index (χ1v) is 11.4. The van der Waals surface area contributed by atoms with E-state index in [1.54, 1.807) is 12.4 Å². The van der Waals surface area contributed by atoms with Crippen molar-refractivity contribution in [3.05, 3.63) is 89.9 Å². The maximum atomic E-state index is 6.39. The number of aromatic nitrogens is 3. The quantitative estimate of drug-likeness (QED) is 0.407. The molecule has 4 aromatic rings. The van der Waals surface area contributed by atoms with Crippen LogP contribution in [0.3, 0.4) is 0 Å². The molecule has 5 rings (SSSR count). The number of likely N-dealkylation sites (tertiary alicyclic amines) is 1. The Kier molecular flexibility index (Phi) is 6.08. The molecule has 2 aromatic heterocycles. The molecule has 162 valence electrons. The molecule has 0 radical (unpaired) electrons. The molecule has 1 fully saturated rings. The fourth-order valence-corrected chi connectivity index (χ4v) is 4.36. The van der Waals surface area contributed by atoms with E-state index in [1.807, 2.05) is 6.07 Å². The Balaban J connectivity index is 1.34. The van der Waals surface area contributed by atoms with Gasteiger partial charge in [0.15, 0.2) is 11.5 Å². The Morgan fingerprint density at radius 3 is 2.34 bits per heavy atom. The molecule has 0 bridgehead atoms. The normalized spacial score (nSPS) is 15.2. The summed E-state index contributed by atoms with van der Waals surface area (Å²) in [5, 5.41) is 0. The number of aryl methyl sites for hydroxylation is 1. The van der Waals surface area contributed by atoms with Crippen LogP contribution in [-0.2, 0) is 6.42 Å². The van der Waals surface area contributed by atoms with Crippen molar-refractivity contribution >= 4 is 0 Å². The molecule has 0 amide bonds. The monoisotopic (exact) mass is 424 g/mol. The van der Waals surface area contributed by atoms with E-state index in [9.17, 15) is 0 Å². The maximum Gasteiger partial charge on any atom is 0.226 e. The number of benzene rings is 2. The van der Waals surface area contributed by atoms with Crippen molar-refractivity contribution in [2.24, 2.45) is 0 Å². The van der Waals surface area contributed by atoms with Crippen LogP contribution in [0.1, 0.15) is 35.6 Å². The molecule has 0 atom stereocenters. The summed E-state index contributed by atoms with van der Waals surface area (Å²) < 4.78 is 6.39. The Hall–Kier alpha value is -3.31. The molecule has 1 aliphatic rings. The topological polar surface area (TPSA) is 55.1 Å². The molecule has 2 aromatic carbocycles. The summed E-state index contributed by atoms with van der Waals surface area (Å²) in [6.45, 7) is 5.30. The molecule has 3 heterocycles.